The van der Waals surface area contributed by atoms with E-state index >= 15 is 0 Å². The zero-order chi connectivity index (χ0) is 22.2. The van der Waals surface area contributed by atoms with Gasteiger partial charge in [0.1, 0.15) is 18.1 Å². The molecule has 7 nitrogen and oxygen atoms in total. The molecule has 31 heavy (non-hydrogen) atoms. The Morgan fingerprint density at radius 3 is 2.45 bits per heavy atom. The predicted molar refractivity (Wildman–Crippen MR) is 123 cm³/mol. The van der Waals surface area contributed by atoms with Crippen molar-refractivity contribution in [2.24, 2.45) is 0 Å². The first kappa shape index (κ1) is 22.4. The highest BCUT2D eigenvalue weighted by atomic mass is 32.2. The van der Waals surface area contributed by atoms with Crippen LogP contribution in [0, 0.1) is 13.8 Å². The number of hydrogen-bond donors (Lipinski definition) is 1. The molecular formula is C23H26N4O3S. The van der Waals surface area contributed by atoms with Crippen molar-refractivity contribution in [3.05, 3.63) is 72.1 Å². The van der Waals surface area contributed by atoms with Crippen LogP contribution in [0.3, 0.4) is 0 Å². The maximum absolute atomic E-state index is 12.4. The molecule has 0 radical (unpaired) electrons. The van der Waals surface area contributed by atoms with E-state index in [2.05, 4.69) is 28.2 Å². The number of anilines is 1. The van der Waals surface area contributed by atoms with Crippen LogP contribution in [0.15, 0.2) is 60.3 Å². The number of aromatic nitrogens is 3. The van der Waals surface area contributed by atoms with Gasteiger partial charge in [-0.25, -0.2) is 0 Å². The molecule has 0 aliphatic heterocycles. The molecule has 0 unspecified atom stereocenters. The van der Waals surface area contributed by atoms with Crippen LogP contribution in [0.1, 0.15) is 17.0 Å². The van der Waals surface area contributed by atoms with Gasteiger partial charge in [-0.1, -0.05) is 23.9 Å². The van der Waals surface area contributed by atoms with E-state index in [1.165, 1.54) is 11.8 Å². The summed E-state index contributed by atoms with van der Waals surface area (Å²) in [6, 6.07) is 13.3. The van der Waals surface area contributed by atoms with Crippen LogP contribution < -0.4 is 14.8 Å². The standard InChI is InChI=1S/C23H26N4O3S/c1-5-10-27-21(14-30-20-8-6-19(29-4)7-9-20)25-26-23(27)31-15-22(28)24-18-12-16(2)11-17(3)13-18/h5-9,11-13H,1,10,14-15H2,2-4H3,(H,24,28). The van der Waals surface area contributed by atoms with E-state index in [9.17, 15) is 4.79 Å². The largest absolute Gasteiger partial charge is 0.497 e. The van der Waals surface area contributed by atoms with Crippen molar-refractivity contribution in [3.63, 3.8) is 0 Å². The minimum atomic E-state index is -0.0980. The molecule has 1 aromatic heterocycles. The molecule has 0 spiro atoms. The van der Waals surface area contributed by atoms with E-state index in [0.717, 1.165) is 22.6 Å². The molecule has 1 amide bonds. The normalized spacial score (nSPS) is 10.5. The van der Waals surface area contributed by atoms with Gasteiger partial charge < -0.3 is 14.8 Å². The van der Waals surface area contributed by atoms with Crippen molar-refractivity contribution in [1.82, 2.24) is 14.8 Å². The van der Waals surface area contributed by atoms with Gasteiger partial charge in [0.25, 0.3) is 0 Å². The first-order valence-electron chi connectivity index (χ1n) is 9.79. The number of ether oxygens (including phenoxy) is 2. The summed E-state index contributed by atoms with van der Waals surface area (Å²) in [4.78, 5) is 12.4. The Balaban J connectivity index is 1.61. The minimum Gasteiger partial charge on any atom is -0.497 e. The van der Waals surface area contributed by atoms with Crippen LogP contribution in [-0.2, 0) is 17.9 Å². The summed E-state index contributed by atoms with van der Waals surface area (Å²) in [5.74, 6) is 2.25. The third-order valence-electron chi connectivity index (χ3n) is 4.37. The molecular weight excluding hydrogens is 412 g/mol. The number of nitrogens with zero attached hydrogens (tertiary/aromatic N) is 3. The number of hydrogen-bond acceptors (Lipinski definition) is 6. The van der Waals surface area contributed by atoms with Gasteiger partial charge in [-0.05, 0) is 61.4 Å². The number of benzene rings is 2. The fourth-order valence-electron chi connectivity index (χ4n) is 3.04. The highest BCUT2D eigenvalue weighted by molar-refractivity contribution is 7.99. The number of thioether (sulfide) groups is 1. The van der Waals surface area contributed by atoms with Crippen LogP contribution in [0.25, 0.3) is 0 Å². The highest BCUT2D eigenvalue weighted by Gasteiger charge is 2.14. The topological polar surface area (TPSA) is 78.3 Å². The van der Waals surface area contributed by atoms with Crippen molar-refractivity contribution in [1.29, 1.82) is 0 Å². The summed E-state index contributed by atoms with van der Waals surface area (Å²) in [6.45, 7) is 8.59. The zero-order valence-corrected chi connectivity index (χ0v) is 18.7. The van der Waals surface area contributed by atoms with E-state index in [0.29, 0.717) is 23.3 Å². The maximum Gasteiger partial charge on any atom is 0.234 e. The molecule has 162 valence electrons. The molecule has 0 bridgehead atoms. The third kappa shape index (κ3) is 6.36. The van der Waals surface area contributed by atoms with Gasteiger partial charge in [-0.15, -0.1) is 16.8 Å². The van der Waals surface area contributed by atoms with Crippen molar-refractivity contribution in [3.8, 4) is 11.5 Å². The van der Waals surface area contributed by atoms with Crippen molar-refractivity contribution in [2.75, 3.05) is 18.2 Å². The molecule has 0 aliphatic carbocycles. The van der Waals surface area contributed by atoms with Gasteiger partial charge in [0.15, 0.2) is 11.0 Å². The van der Waals surface area contributed by atoms with E-state index in [1.54, 1.807) is 13.2 Å². The Morgan fingerprint density at radius 2 is 1.81 bits per heavy atom. The zero-order valence-electron chi connectivity index (χ0n) is 17.9. The average molecular weight is 439 g/mol. The summed E-state index contributed by atoms with van der Waals surface area (Å²) in [6.07, 6.45) is 1.76. The summed E-state index contributed by atoms with van der Waals surface area (Å²) in [5, 5.41) is 12.0. The van der Waals surface area contributed by atoms with Crippen LogP contribution in [-0.4, -0.2) is 33.5 Å². The van der Waals surface area contributed by atoms with Gasteiger partial charge in [-0.2, -0.15) is 0 Å². The summed E-state index contributed by atoms with van der Waals surface area (Å²) in [7, 11) is 1.62. The molecule has 0 aliphatic rings. The molecule has 1 heterocycles. The third-order valence-corrected chi connectivity index (χ3v) is 5.34. The lowest BCUT2D eigenvalue weighted by Gasteiger charge is -2.10. The summed E-state index contributed by atoms with van der Waals surface area (Å²) >= 11 is 1.33. The van der Waals surface area contributed by atoms with Crippen LogP contribution >= 0.6 is 11.8 Å². The molecule has 0 atom stereocenters. The smallest absolute Gasteiger partial charge is 0.234 e. The number of allylic oxidation sites excluding steroid dienone is 1. The lowest BCUT2D eigenvalue weighted by atomic mass is 10.1. The molecule has 8 heteroatoms. The first-order valence-corrected chi connectivity index (χ1v) is 10.8. The van der Waals surface area contributed by atoms with Crippen molar-refractivity contribution in [2.45, 2.75) is 32.2 Å². The Labute approximate surface area is 186 Å². The van der Waals surface area contributed by atoms with Gasteiger partial charge >= 0.3 is 0 Å². The quantitative estimate of drug-likeness (QED) is 0.373. The molecule has 1 N–H and O–H groups in total. The monoisotopic (exact) mass is 438 g/mol. The molecule has 3 aromatic rings. The highest BCUT2D eigenvalue weighted by Crippen LogP contribution is 2.21. The van der Waals surface area contributed by atoms with E-state index in [4.69, 9.17) is 9.47 Å². The second-order valence-corrected chi connectivity index (χ2v) is 7.92. The Kier molecular flexibility index (Phi) is 7.72. The van der Waals surface area contributed by atoms with Gasteiger partial charge in [0.05, 0.1) is 12.9 Å². The SMILES string of the molecule is C=CCn1c(COc2ccc(OC)cc2)nnc1SCC(=O)Nc1cc(C)cc(C)c1. The van der Waals surface area contributed by atoms with E-state index in [-0.39, 0.29) is 18.3 Å². The van der Waals surface area contributed by atoms with Crippen molar-refractivity contribution < 1.29 is 14.3 Å². The molecule has 2 aromatic carbocycles. The van der Waals surface area contributed by atoms with Crippen molar-refractivity contribution >= 4 is 23.4 Å². The molecule has 0 saturated carbocycles. The average Bonchev–Trinajstić information content (AvgIpc) is 3.12. The first-order chi connectivity index (χ1) is 15.0. The summed E-state index contributed by atoms with van der Waals surface area (Å²) < 4.78 is 12.9. The van der Waals surface area contributed by atoms with E-state index in [1.807, 2.05) is 54.8 Å². The number of carbonyl (C=O) groups is 1. The van der Waals surface area contributed by atoms with Crippen LogP contribution in [0.2, 0.25) is 0 Å². The fourth-order valence-corrected chi connectivity index (χ4v) is 3.81. The van der Waals surface area contributed by atoms with Gasteiger partial charge in [0.2, 0.25) is 5.91 Å². The minimum absolute atomic E-state index is 0.0980. The lowest BCUT2D eigenvalue weighted by Crippen LogP contribution is -2.15. The molecule has 3 rings (SSSR count). The number of amides is 1. The van der Waals surface area contributed by atoms with Gasteiger partial charge in [0, 0.05) is 12.2 Å². The number of carbonyl (C=O) groups excluding carboxylic acids is 1. The van der Waals surface area contributed by atoms with Crippen LogP contribution in [0.5, 0.6) is 11.5 Å². The predicted octanol–water partition coefficient (Wildman–Crippen LogP) is 4.40. The van der Waals surface area contributed by atoms with E-state index < -0.39 is 0 Å². The summed E-state index contributed by atoms with van der Waals surface area (Å²) in [5.41, 5.74) is 3.01. The second-order valence-electron chi connectivity index (χ2n) is 6.98. The number of methoxy groups -OCH3 is 1. The van der Waals surface area contributed by atoms with Gasteiger partial charge in [-0.3, -0.25) is 9.36 Å². The lowest BCUT2D eigenvalue weighted by molar-refractivity contribution is -0.113. The fraction of sp³-hybridized carbons (Fsp3) is 0.261. The Morgan fingerprint density at radius 1 is 1.13 bits per heavy atom. The number of aryl methyl sites for hydroxylation is 2. The Hall–Kier alpha value is -3.26. The Bertz CT molecular complexity index is 1030. The molecule has 0 saturated heterocycles. The second kappa shape index (κ2) is 10.7. The van der Waals surface area contributed by atoms with Crippen LogP contribution in [0.4, 0.5) is 5.69 Å². The molecule has 0 fully saturated rings. The number of nitrogens with one attached hydrogen (secondary N) is 1. The number of rotatable bonds is 10. The maximum atomic E-state index is 12.4.